The van der Waals surface area contributed by atoms with Crippen molar-refractivity contribution in [3.05, 3.63) is 94.6 Å². The van der Waals surface area contributed by atoms with Crippen molar-refractivity contribution in [1.82, 2.24) is 4.98 Å². The molecule has 1 heterocycles. The van der Waals surface area contributed by atoms with Gasteiger partial charge in [0.25, 0.3) is 5.91 Å². The molecule has 7 heteroatoms. The fourth-order valence-corrected chi connectivity index (χ4v) is 3.61. The standard InChI is InChI=1S/C22H15ClFN3OS/c23-18-6-1-2-7-19(18)26-22-27-20(13-29-22)14-8-10-17(11-9-14)25-21(28)15-4-3-5-16(24)12-15/h1-13H,(H,25,28)(H,26,27). The summed E-state index contributed by atoms with van der Waals surface area (Å²) in [6.45, 7) is 0. The Bertz CT molecular complexity index is 1160. The summed E-state index contributed by atoms with van der Waals surface area (Å²) in [5.74, 6) is -0.810. The van der Waals surface area contributed by atoms with Crippen LogP contribution in [0.25, 0.3) is 11.3 Å². The van der Waals surface area contributed by atoms with Gasteiger partial charge in [0.05, 0.1) is 16.4 Å². The van der Waals surface area contributed by atoms with Crippen LogP contribution in [0.2, 0.25) is 5.02 Å². The normalized spacial score (nSPS) is 10.6. The van der Waals surface area contributed by atoms with Crippen LogP contribution in [0.1, 0.15) is 10.4 Å². The molecule has 0 spiro atoms. The molecule has 0 aliphatic rings. The summed E-state index contributed by atoms with van der Waals surface area (Å²) in [5.41, 5.74) is 3.41. The number of rotatable bonds is 5. The molecule has 0 radical (unpaired) electrons. The first-order valence-corrected chi connectivity index (χ1v) is 9.99. The quantitative estimate of drug-likeness (QED) is 0.380. The molecule has 0 atom stereocenters. The highest BCUT2D eigenvalue weighted by Gasteiger charge is 2.09. The second kappa shape index (κ2) is 8.43. The number of hydrogen-bond acceptors (Lipinski definition) is 4. The molecule has 0 bridgehead atoms. The van der Waals surface area contributed by atoms with E-state index in [1.807, 2.05) is 41.8 Å². The van der Waals surface area contributed by atoms with Crippen molar-refractivity contribution in [2.75, 3.05) is 10.6 Å². The summed E-state index contributed by atoms with van der Waals surface area (Å²) in [6.07, 6.45) is 0. The topological polar surface area (TPSA) is 54.0 Å². The zero-order valence-corrected chi connectivity index (χ0v) is 16.6. The third-order valence-electron chi connectivity index (χ3n) is 4.14. The average molecular weight is 424 g/mol. The number of thiazole rings is 1. The van der Waals surface area contributed by atoms with Gasteiger partial charge >= 0.3 is 0 Å². The number of carbonyl (C=O) groups is 1. The van der Waals surface area contributed by atoms with Crippen LogP contribution in [0.3, 0.4) is 0 Å². The van der Waals surface area contributed by atoms with E-state index in [0.29, 0.717) is 10.7 Å². The molecule has 1 amide bonds. The molecular weight excluding hydrogens is 409 g/mol. The monoisotopic (exact) mass is 423 g/mol. The van der Waals surface area contributed by atoms with Crippen LogP contribution in [0, 0.1) is 5.82 Å². The van der Waals surface area contributed by atoms with Gasteiger partial charge in [0.15, 0.2) is 5.13 Å². The summed E-state index contributed by atoms with van der Waals surface area (Å²) < 4.78 is 13.3. The van der Waals surface area contributed by atoms with Crippen molar-refractivity contribution < 1.29 is 9.18 Å². The number of halogens is 2. The number of nitrogens with zero attached hydrogens (tertiary/aromatic N) is 1. The number of carbonyl (C=O) groups excluding carboxylic acids is 1. The van der Waals surface area contributed by atoms with E-state index in [4.69, 9.17) is 11.6 Å². The van der Waals surface area contributed by atoms with Gasteiger partial charge in [-0.1, -0.05) is 41.9 Å². The van der Waals surface area contributed by atoms with Gasteiger partial charge in [-0.3, -0.25) is 4.79 Å². The number of benzene rings is 3. The van der Waals surface area contributed by atoms with Crippen molar-refractivity contribution in [2.45, 2.75) is 0 Å². The first-order valence-electron chi connectivity index (χ1n) is 8.73. The van der Waals surface area contributed by atoms with Crippen molar-refractivity contribution in [3.8, 4) is 11.3 Å². The third-order valence-corrected chi connectivity index (χ3v) is 5.23. The van der Waals surface area contributed by atoms with Gasteiger partial charge < -0.3 is 10.6 Å². The van der Waals surface area contributed by atoms with Crippen LogP contribution < -0.4 is 10.6 Å². The zero-order valence-electron chi connectivity index (χ0n) is 15.0. The Hall–Kier alpha value is -3.22. The van der Waals surface area contributed by atoms with E-state index in [1.165, 1.54) is 29.5 Å². The van der Waals surface area contributed by atoms with Crippen LogP contribution in [-0.2, 0) is 0 Å². The van der Waals surface area contributed by atoms with E-state index in [2.05, 4.69) is 15.6 Å². The molecule has 0 saturated heterocycles. The molecule has 144 valence electrons. The van der Waals surface area contributed by atoms with Gasteiger partial charge in [-0.2, -0.15) is 0 Å². The molecule has 0 unspecified atom stereocenters. The van der Waals surface area contributed by atoms with Crippen LogP contribution in [0.15, 0.2) is 78.2 Å². The predicted octanol–water partition coefficient (Wildman–Crippen LogP) is 6.60. The minimum atomic E-state index is -0.447. The second-order valence-corrected chi connectivity index (χ2v) is 7.45. The summed E-state index contributed by atoms with van der Waals surface area (Å²) >= 11 is 7.64. The lowest BCUT2D eigenvalue weighted by molar-refractivity contribution is 0.102. The van der Waals surface area contributed by atoms with Gasteiger partial charge in [0.2, 0.25) is 0 Å². The Balaban J connectivity index is 1.45. The average Bonchev–Trinajstić information content (AvgIpc) is 3.19. The second-order valence-electron chi connectivity index (χ2n) is 6.18. The number of aromatic nitrogens is 1. The predicted molar refractivity (Wildman–Crippen MR) is 117 cm³/mol. The van der Waals surface area contributed by atoms with Gasteiger partial charge in [-0.25, -0.2) is 9.37 Å². The van der Waals surface area contributed by atoms with Crippen LogP contribution in [0.5, 0.6) is 0 Å². The number of para-hydroxylation sites is 1. The molecular formula is C22H15ClFN3OS. The maximum Gasteiger partial charge on any atom is 0.255 e. The van der Waals surface area contributed by atoms with Crippen molar-refractivity contribution >= 4 is 45.4 Å². The summed E-state index contributed by atoms with van der Waals surface area (Å²) in [4.78, 5) is 16.8. The molecule has 3 aromatic carbocycles. The van der Waals surface area contributed by atoms with E-state index in [-0.39, 0.29) is 11.5 Å². The Kier molecular flexibility index (Phi) is 5.55. The highest BCUT2D eigenvalue weighted by molar-refractivity contribution is 7.14. The molecule has 4 aromatic rings. The molecule has 29 heavy (non-hydrogen) atoms. The third kappa shape index (κ3) is 4.62. The molecule has 0 aliphatic carbocycles. The first kappa shape index (κ1) is 19.1. The van der Waals surface area contributed by atoms with Gasteiger partial charge in [-0.05, 0) is 42.5 Å². The molecule has 4 nitrogen and oxygen atoms in total. The van der Waals surface area contributed by atoms with Gasteiger partial charge in [0.1, 0.15) is 5.82 Å². The van der Waals surface area contributed by atoms with E-state index < -0.39 is 5.82 Å². The zero-order chi connectivity index (χ0) is 20.2. The van der Waals surface area contributed by atoms with E-state index in [0.717, 1.165) is 22.1 Å². The van der Waals surface area contributed by atoms with Crippen molar-refractivity contribution in [1.29, 1.82) is 0 Å². The fourth-order valence-electron chi connectivity index (χ4n) is 2.70. The number of hydrogen-bond donors (Lipinski definition) is 2. The Morgan fingerprint density at radius 1 is 1.00 bits per heavy atom. The minimum Gasteiger partial charge on any atom is -0.330 e. The molecule has 2 N–H and O–H groups in total. The van der Waals surface area contributed by atoms with E-state index in [9.17, 15) is 9.18 Å². The lowest BCUT2D eigenvalue weighted by Gasteiger charge is -2.06. The molecule has 1 aromatic heterocycles. The molecule has 0 fully saturated rings. The molecule has 4 rings (SSSR count). The van der Waals surface area contributed by atoms with E-state index >= 15 is 0 Å². The maximum absolute atomic E-state index is 13.3. The Morgan fingerprint density at radius 2 is 1.79 bits per heavy atom. The minimum absolute atomic E-state index is 0.267. The largest absolute Gasteiger partial charge is 0.330 e. The summed E-state index contributed by atoms with van der Waals surface area (Å²) in [6, 6.07) is 20.4. The lowest BCUT2D eigenvalue weighted by atomic mass is 10.1. The van der Waals surface area contributed by atoms with Crippen molar-refractivity contribution in [3.63, 3.8) is 0 Å². The van der Waals surface area contributed by atoms with Crippen LogP contribution in [0.4, 0.5) is 20.9 Å². The number of anilines is 3. The fraction of sp³-hybridized carbons (Fsp3) is 0. The Labute approximate surface area is 176 Å². The first-order chi connectivity index (χ1) is 14.1. The molecule has 0 aliphatic heterocycles. The molecule has 0 saturated carbocycles. The Morgan fingerprint density at radius 3 is 2.55 bits per heavy atom. The van der Waals surface area contributed by atoms with Crippen molar-refractivity contribution in [2.24, 2.45) is 0 Å². The highest BCUT2D eigenvalue weighted by atomic mass is 35.5. The maximum atomic E-state index is 13.3. The van der Waals surface area contributed by atoms with Crippen LogP contribution in [-0.4, -0.2) is 10.9 Å². The summed E-state index contributed by atoms with van der Waals surface area (Å²) in [7, 11) is 0. The number of nitrogens with one attached hydrogen (secondary N) is 2. The van der Waals surface area contributed by atoms with Crippen LogP contribution >= 0.6 is 22.9 Å². The smallest absolute Gasteiger partial charge is 0.255 e. The lowest BCUT2D eigenvalue weighted by Crippen LogP contribution is -2.11. The number of amides is 1. The highest BCUT2D eigenvalue weighted by Crippen LogP contribution is 2.30. The van der Waals surface area contributed by atoms with Gasteiger partial charge in [0, 0.05) is 22.2 Å². The van der Waals surface area contributed by atoms with Gasteiger partial charge in [-0.15, -0.1) is 11.3 Å². The SMILES string of the molecule is O=C(Nc1ccc(-c2csc(Nc3ccccc3Cl)n2)cc1)c1cccc(F)c1. The summed E-state index contributed by atoms with van der Waals surface area (Å²) in [5, 5.41) is 9.27. The van der Waals surface area contributed by atoms with E-state index in [1.54, 1.807) is 18.2 Å².